The molecule has 15 heavy (non-hydrogen) atoms. The highest BCUT2D eigenvalue weighted by Gasteiger charge is 2.22. The van der Waals surface area contributed by atoms with E-state index >= 15 is 0 Å². The van der Waals surface area contributed by atoms with Crippen molar-refractivity contribution in [3.8, 4) is 0 Å². The first-order valence-electron chi connectivity index (χ1n) is 6.19. The maximum Gasteiger partial charge on any atom is 0.0524 e. The lowest BCUT2D eigenvalue weighted by molar-refractivity contribution is 0.164. The molecule has 3 unspecified atom stereocenters. The van der Waals surface area contributed by atoms with Gasteiger partial charge in [-0.1, -0.05) is 0 Å². The van der Waals surface area contributed by atoms with Gasteiger partial charge in [-0.15, -0.1) is 0 Å². The fourth-order valence-corrected chi connectivity index (χ4v) is 2.30. The van der Waals surface area contributed by atoms with Crippen LogP contribution in [0.25, 0.3) is 0 Å². The largest absolute Gasteiger partial charge is 0.393 e. The Morgan fingerprint density at radius 3 is 2.80 bits per heavy atom. The third-order valence-corrected chi connectivity index (χ3v) is 3.40. The minimum atomic E-state index is -0.182. The number of hydrogen-bond donors (Lipinski definition) is 2. The molecule has 1 aliphatic heterocycles. The monoisotopic (exact) mass is 214 g/mol. The average Bonchev–Trinajstić information content (AvgIpc) is 2.17. The van der Waals surface area contributed by atoms with Crippen LogP contribution in [0.3, 0.4) is 0 Å². The van der Waals surface area contributed by atoms with Gasteiger partial charge in [-0.25, -0.2) is 0 Å². The second-order valence-electron chi connectivity index (χ2n) is 5.05. The predicted molar refractivity (Wildman–Crippen MR) is 64.0 cm³/mol. The van der Waals surface area contributed by atoms with Gasteiger partial charge >= 0.3 is 0 Å². The van der Waals surface area contributed by atoms with E-state index in [1.165, 1.54) is 25.9 Å². The lowest BCUT2D eigenvalue weighted by atomic mass is 9.92. The molecule has 0 saturated carbocycles. The number of nitrogens with zero attached hydrogens (tertiary/aromatic N) is 1. The van der Waals surface area contributed by atoms with Gasteiger partial charge in [-0.2, -0.15) is 0 Å². The highest BCUT2D eigenvalue weighted by molar-refractivity contribution is 4.79. The molecule has 0 bridgehead atoms. The fraction of sp³-hybridized carbons (Fsp3) is 1.00. The van der Waals surface area contributed by atoms with Crippen molar-refractivity contribution in [3.05, 3.63) is 0 Å². The molecule has 1 rings (SSSR count). The zero-order chi connectivity index (χ0) is 11.3. The normalized spacial score (nSPS) is 27.6. The molecule has 3 nitrogen and oxygen atoms in total. The van der Waals surface area contributed by atoms with Crippen molar-refractivity contribution < 1.29 is 5.11 Å². The van der Waals surface area contributed by atoms with E-state index in [0.29, 0.717) is 6.04 Å². The van der Waals surface area contributed by atoms with Crippen molar-refractivity contribution in [3.63, 3.8) is 0 Å². The van der Waals surface area contributed by atoms with Crippen LogP contribution in [0.1, 0.15) is 33.1 Å². The van der Waals surface area contributed by atoms with E-state index < -0.39 is 0 Å². The summed E-state index contributed by atoms with van der Waals surface area (Å²) >= 11 is 0. The maximum atomic E-state index is 9.17. The molecule has 1 heterocycles. The minimum Gasteiger partial charge on any atom is -0.393 e. The van der Waals surface area contributed by atoms with Crippen LogP contribution in [0.15, 0.2) is 0 Å². The Hall–Kier alpha value is -0.120. The molecule has 0 aromatic heterocycles. The molecule has 0 aromatic rings. The van der Waals surface area contributed by atoms with Crippen LogP contribution in [-0.2, 0) is 0 Å². The van der Waals surface area contributed by atoms with Crippen LogP contribution in [0.2, 0.25) is 0 Å². The smallest absolute Gasteiger partial charge is 0.0524 e. The average molecular weight is 214 g/mol. The Bertz CT molecular complexity index is 173. The van der Waals surface area contributed by atoms with Gasteiger partial charge in [0.25, 0.3) is 0 Å². The number of rotatable bonds is 5. The zero-order valence-corrected chi connectivity index (χ0v) is 10.4. The number of nitrogens with one attached hydrogen (secondary N) is 1. The summed E-state index contributed by atoms with van der Waals surface area (Å²) in [7, 11) is 2.20. The molecule has 2 N–H and O–H groups in total. The Morgan fingerprint density at radius 1 is 1.47 bits per heavy atom. The Morgan fingerprint density at radius 2 is 2.20 bits per heavy atom. The summed E-state index contributed by atoms with van der Waals surface area (Å²) in [5.41, 5.74) is 0. The third kappa shape index (κ3) is 4.96. The van der Waals surface area contributed by atoms with Gasteiger partial charge in [-0.3, -0.25) is 0 Å². The molecule has 1 fully saturated rings. The first kappa shape index (κ1) is 12.9. The first-order chi connectivity index (χ1) is 7.09. The fourth-order valence-electron chi connectivity index (χ4n) is 2.30. The second-order valence-corrected chi connectivity index (χ2v) is 5.05. The lowest BCUT2D eigenvalue weighted by Gasteiger charge is -2.34. The van der Waals surface area contributed by atoms with Gasteiger partial charge in [0.15, 0.2) is 0 Å². The molecule has 1 saturated heterocycles. The standard InChI is InChI=1S/C12H26N2O/c1-10(15)6-7-13-11(2)12-5-4-8-14(3)9-12/h10-13,15H,4-9H2,1-3H3. The number of hydrogen-bond acceptors (Lipinski definition) is 3. The molecular formula is C12H26N2O. The molecule has 0 radical (unpaired) electrons. The summed E-state index contributed by atoms with van der Waals surface area (Å²) in [6.45, 7) is 7.51. The van der Waals surface area contributed by atoms with Gasteiger partial charge in [0, 0.05) is 12.6 Å². The molecule has 3 atom stereocenters. The zero-order valence-electron chi connectivity index (χ0n) is 10.4. The van der Waals surface area contributed by atoms with E-state index in [1.54, 1.807) is 0 Å². The van der Waals surface area contributed by atoms with Crippen molar-refractivity contribution >= 4 is 0 Å². The maximum absolute atomic E-state index is 9.17. The number of aliphatic hydroxyl groups is 1. The lowest BCUT2D eigenvalue weighted by Crippen LogP contribution is -2.43. The van der Waals surface area contributed by atoms with E-state index in [-0.39, 0.29) is 6.10 Å². The topological polar surface area (TPSA) is 35.5 Å². The predicted octanol–water partition coefficient (Wildman–Crippen LogP) is 1.08. The molecule has 0 spiro atoms. The van der Waals surface area contributed by atoms with Crippen molar-refractivity contribution in [1.82, 2.24) is 10.2 Å². The SMILES string of the molecule is CC(O)CCNC(C)C1CCCN(C)C1. The summed E-state index contributed by atoms with van der Waals surface area (Å²) in [5, 5.41) is 12.7. The van der Waals surface area contributed by atoms with E-state index in [9.17, 15) is 0 Å². The van der Waals surface area contributed by atoms with Gasteiger partial charge < -0.3 is 15.3 Å². The summed E-state index contributed by atoms with van der Waals surface area (Å²) < 4.78 is 0. The van der Waals surface area contributed by atoms with Crippen molar-refractivity contribution in [1.29, 1.82) is 0 Å². The highest BCUT2D eigenvalue weighted by atomic mass is 16.3. The van der Waals surface area contributed by atoms with Gasteiger partial charge in [-0.05, 0) is 59.2 Å². The van der Waals surface area contributed by atoms with Crippen LogP contribution in [-0.4, -0.2) is 48.8 Å². The second kappa shape index (κ2) is 6.46. The third-order valence-electron chi connectivity index (χ3n) is 3.40. The van der Waals surface area contributed by atoms with Crippen molar-refractivity contribution in [2.75, 3.05) is 26.7 Å². The van der Waals surface area contributed by atoms with E-state index in [1.807, 2.05) is 6.92 Å². The molecule has 3 heteroatoms. The highest BCUT2D eigenvalue weighted by Crippen LogP contribution is 2.18. The van der Waals surface area contributed by atoms with E-state index in [2.05, 4.69) is 24.2 Å². The van der Waals surface area contributed by atoms with Crippen LogP contribution < -0.4 is 5.32 Å². The Kier molecular flexibility index (Phi) is 5.58. The van der Waals surface area contributed by atoms with Crippen molar-refractivity contribution in [2.24, 2.45) is 5.92 Å². The number of piperidine rings is 1. The number of aliphatic hydroxyl groups excluding tert-OH is 1. The summed E-state index contributed by atoms with van der Waals surface area (Å²) in [6.07, 6.45) is 3.34. The minimum absolute atomic E-state index is 0.182. The van der Waals surface area contributed by atoms with Crippen LogP contribution in [0.5, 0.6) is 0 Å². The Labute approximate surface area is 93.9 Å². The van der Waals surface area contributed by atoms with Gasteiger partial charge in [0.1, 0.15) is 0 Å². The van der Waals surface area contributed by atoms with Crippen LogP contribution >= 0.6 is 0 Å². The first-order valence-corrected chi connectivity index (χ1v) is 6.19. The molecule has 0 aliphatic carbocycles. The van der Waals surface area contributed by atoms with Crippen molar-refractivity contribution in [2.45, 2.75) is 45.3 Å². The molecule has 0 aromatic carbocycles. The number of likely N-dealkylation sites (tertiary alicyclic amines) is 1. The summed E-state index contributed by atoms with van der Waals surface area (Å²) in [6, 6.07) is 0.575. The quantitative estimate of drug-likeness (QED) is 0.719. The van der Waals surface area contributed by atoms with E-state index in [4.69, 9.17) is 5.11 Å². The molecule has 1 aliphatic rings. The summed E-state index contributed by atoms with van der Waals surface area (Å²) in [5.74, 6) is 0.776. The Balaban J connectivity index is 2.17. The van der Waals surface area contributed by atoms with Crippen LogP contribution in [0, 0.1) is 5.92 Å². The molecular weight excluding hydrogens is 188 g/mol. The van der Waals surface area contributed by atoms with E-state index in [0.717, 1.165) is 18.9 Å². The summed E-state index contributed by atoms with van der Waals surface area (Å²) in [4.78, 5) is 2.42. The van der Waals surface area contributed by atoms with Crippen LogP contribution in [0.4, 0.5) is 0 Å². The molecule has 90 valence electrons. The van der Waals surface area contributed by atoms with Gasteiger partial charge in [0.2, 0.25) is 0 Å². The molecule has 0 amide bonds. The van der Waals surface area contributed by atoms with Gasteiger partial charge in [0.05, 0.1) is 6.10 Å².